The predicted octanol–water partition coefficient (Wildman–Crippen LogP) is 3.47. The van der Waals surface area contributed by atoms with Crippen LogP contribution in [0.25, 0.3) is 0 Å². The summed E-state index contributed by atoms with van der Waals surface area (Å²) in [6.07, 6.45) is 6.27. The summed E-state index contributed by atoms with van der Waals surface area (Å²) in [6.45, 7) is 4.78. The van der Waals surface area contributed by atoms with Crippen LogP contribution in [0, 0.1) is 5.92 Å². The fourth-order valence-electron chi connectivity index (χ4n) is 2.68. The summed E-state index contributed by atoms with van der Waals surface area (Å²) in [7, 11) is 0. The summed E-state index contributed by atoms with van der Waals surface area (Å²) < 4.78 is 5.69. The highest BCUT2D eigenvalue weighted by atomic mass is 16.5. The van der Waals surface area contributed by atoms with Crippen molar-refractivity contribution in [1.82, 2.24) is 4.98 Å². The third-order valence-electron chi connectivity index (χ3n) is 3.78. The molecule has 0 saturated heterocycles. The first-order valence-electron chi connectivity index (χ1n) is 7.50. The van der Waals surface area contributed by atoms with Gasteiger partial charge in [0.15, 0.2) is 0 Å². The van der Waals surface area contributed by atoms with Gasteiger partial charge in [-0.25, -0.2) is 9.78 Å². The number of fused-ring (bicyclic) bond motifs is 1. The van der Waals surface area contributed by atoms with Crippen molar-refractivity contribution in [3.05, 3.63) is 22.9 Å². The summed E-state index contributed by atoms with van der Waals surface area (Å²) in [5.74, 6) is -0.246. The number of aryl methyl sites for hydroxylation is 2. The van der Waals surface area contributed by atoms with E-state index in [0.29, 0.717) is 18.4 Å². The Kier molecular flexibility index (Phi) is 4.99. The van der Waals surface area contributed by atoms with Crippen molar-refractivity contribution in [2.45, 2.75) is 52.4 Å². The number of nitrogens with zero attached hydrogens (tertiary/aromatic N) is 1. The molecule has 0 fully saturated rings. The van der Waals surface area contributed by atoms with Gasteiger partial charge in [-0.3, -0.25) is 0 Å². The highest BCUT2D eigenvalue weighted by Gasteiger charge is 2.20. The first-order valence-corrected chi connectivity index (χ1v) is 7.50. The van der Waals surface area contributed by atoms with E-state index >= 15 is 0 Å². The first-order chi connectivity index (χ1) is 9.61. The van der Waals surface area contributed by atoms with Crippen molar-refractivity contribution in [1.29, 1.82) is 0 Å². The lowest BCUT2D eigenvalue weighted by molar-refractivity contribution is 0.0689. The minimum Gasteiger partial charge on any atom is -0.477 e. The zero-order valence-corrected chi connectivity index (χ0v) is 12.3. The molecule has 0 aliphatic heterocycles. The first kappa shape index (κ1) is 14.8. The zero-order chi connectivity index (χ0) is 14.5. The quantitative estimate of drug-likeness (QED) is 0.865. The normalized spacial score (nSPS) is 15.5. The van der Waals surface area contributed by atoms with Gasteiger partial charge in [-0.1, -0.05) is 20.3 Å². The molecule has 1 aromatic heterocycles. The Labute approximate surface area is 120 Å². The molecule has 1 aromatic rings. The van der Waals surface area contributed by atoms with Gasteiger partial charge in [0.25, 0.3) is 0 Å². The molecule has 110 valence electrons. The summed E-state index contributed by atoms with van der Waals surface area (Å²) >= 11 is 0. The van der Waals surface area contributed by atoms with Crippen molar-refractivity contribution < 1.29 is 14.6 Å². The van der Waals surface area contributed by atoms with Crippen LogP contribution in [0.3, 0.4) is 0 Å². The lowest BCUT2D eigenvalue weighted by Gasteiger charge is -2.18. The Morgan fingerprint density at radius 3 is 2.90 bits per heavy atom. The lowest BCUT2D eigenvalue weighted by atomic mass is 9.95. The highest BCUT2D eigenvalue weighted by molar-refractivity contribution is 5.90. The topological polar surface area (TPSA) is 59.4 Å². The number of pyridine rings is 1. The number of aromatic carboxylic acids is 1. The molecule has 1 N–H and O–H groups in total. The molecule has 1 aliphatic rings. The summed E-state index contributed by atoms with van der Waals surface area (Å²) in [5, 5.41) is 9.32. The van der Waals surface area contributed by atoms with Gasteiger partial charge in [0.2, 0.25) is 5.88 Å². The molecule has 0 saturated carbocycles. The maximum Gasteiger partial charge on any atom is 0.341 e. The van der Waals surface area contributed by atoms with Crippen LogP contribution in [0.5, 0.6) is 5.88 Å². The molecular formula is C16H23NO3. The highest BCUT2D eigenvalue weighted by Crippen LogP contribution is 2.26. The van der Waals surface area contributed by atoms with Crippen LogP contribution in [0.2, 0.25) is 0 Å². The smallest absolute Gasteiger partial charge is 0.341 e. The number of rotatable bonds is 6. The number of hydrogen-bond acceptors (Lipinski definition) is 3. The minimum atomic E-state index is -0.955. The Morgan fingerprint density at radius 1 is 1.45 bits per heavy atom. The summed E-state index contributed by atoms with van der Waals surface area (Å²) in [6, 6.07) is 1.75. The van der Waals surface area contributed by atoms with Gasteiger partial charge in [0.1, 0.15) is 5.56 Å². The molecule has 20 heavy (non-hydrogen) atoms. The number of carboxylic acids is 1. The second-order valence-electron chi connectivity index (χ2n) is 5.66. The van der Waals surface area contributed by atoms with Crippen molar-refractivity contribution >= 4 is 5.97 Å². The van der Waals surface area contributed by atoms with Gasteiger partial charge in [-0.15, -0.1) is 0 Å². The van der Waals surface area contributed by atoms with Gasteiger partial charge in [0, 0.05) is 5.69 Å². The van der Waals surface area contributed by atoms with Crippen molar-refractivity contribution in [3.63, 3.8) is 0 Å². The van der Waals surface area contributed by atoms with Crippen LogP contribution in [-0.4, -0.2) is 22.7 Å². The van der Waals surface area contributed by atoms with E-state index < -0.39 is 5.97 Å². The predicted molar refractivity (Wildman–Crippen MR) is 77.4 cm³/mol. The van der Waals surface area contributed by atoms with E-state index in [2.05, 4.69) is 18.8 Å². The van der Waals surface area contributed by atoms with E-state index in [4.69, 9.17) is 4.74 Å². The van der Waals surface area contributed by atoms with E-state index in [-0.39, 0.29) is 5.56 Å². The summed E-state index contributed by atoms with van der Waals surface area (Å²) in [5.41, 5.74) is 2.29. The Hall–Kier alpha value is -1.58. The number of hydrogen-bond donors (Lipinski definition) is 1. The SMILES string of the molecule is CCCC(C)COc1nc2c(cc1C(=O)O)CCCC2. The van der Waals surface area contributed by atoms with E-state index in [1.54, 1.807) is 6.07 Å². The molecule has 2 rings (SSSR count). The maximum atomic E-state index is 11.4. The van der Waals surface area contributed by atoms with Crippen molar-refractivity contribution in [3.8, 4) is 5.88 Å². The fraction of sp³-hybridized carbons (Fsp3) is 0.625. The molecule has 0 radical (unpaired) electrons. The average Bonchev–Trinajstić information content (AvgIpc) is 2.44. The number of aromatic nitrogens is 1. The van der Waals surface area contributed by atoms with E-state index in [1.807, 2.05) is 0 Å². The maximum absolute atomic E-state index is 11.4. The largest absolute Gasteiger partial charge is 0.477 e. The van der Waals surface area contributed by atoms with Gasteiger partial charge < -0.3 is 9.84 Å². The number of ether oxygens (including phenoxy) is 1. The van der Waals surface area contributed by atoms with Crippen LogP contribution in [-0.2, 0) is 12.8 Å². The second-order valence-corrected chi connectivity index (χ2v) is 5.66. The van der Waals surface area contributed by atoms with Gasteiger partial charge in [-0.05, 0) is 49.7 Å². The van der Waals surface area contributed by atoms with E-state index in [1.165, 1.54) is 0 Å². The Balaban J connectivity index is 2.19. The van der Waals surface area contributed by atoms with E-state index in [0.717, 1.165) is 49.8 Å². The molecule has 1 unspecified atom stereocenters. The van der Waals surface area contributed by atoms with Gasteiger partial charge >= 0.3 is 5.97 Å². The molecule has 0 bridgehead atoms. The fourth-order valence-corrected chi connectivity index (χ4v) is 2.68. The van der Waals surface area contributed by atoms with Crippen LogP contribution >= 0.6 is 0 Å². The molecule has 0 aromatic carbocycles. The minimum absolute atomic E-state index is 0.203. The Morgan fingerprint density at radius 2 is 2.20 bits per heavy atom. The van der Waals surface area contributed by atoms with Crippen LogP contribution < -0.4 is 4.74 Å². The van der Waals surface area contributed by atoms with Crippen LogP contribution in [0.1, 0.15) is 61.1 Å². The lowest BCUT2D eigenvalue weighted by Crippen LogP contribution is -2.15. The van der Waals surface area contributed by atoms with Crippen LogP contribution in [0.15, 0.2) is 6.07 Å². The van der Waals surface area contributed by atoms with Crippen LogP contribution in [0.4, 0.5) is 0 Å². The molecule has 1 aliphatic carbocycles. The van der Waals surface area contributed by atoms with Gasteiger partial charge in [-0.2, -0.15) is 0 Å². The summed E-state index contributed by atoms with van der Waals surface area (Å²) in [4.78, 5) is 15.8. The molecule has 0 amide bonds. The van der Waals surface area contributed by atoms with Gasteiger partial charge in [0.05, 0.1) is 6.61 Å². The molecule has 0 spiro atoms. The van der Waals surface area contributed by atoms with Crippen molar-refractivity contribution in [2.24, 2.45) is 5.92 Å². The Bertz CT molecular complexity index is 485. The van der Waals surface area contributed by atoms with E-state index in [9.17, 15) is 9.90 Å². The monoisotopic (exact) mass is 277 g/mol. The molecule has 4 nitrogen and oxygen atoms in total. The third kappa shape index (κ3) is 3.50. The second kappa shape index (κ2) is 6.73. The van der Waals surface area contributed by atoms with Crippen molar-refractivity contribution in [2.75, 3.05) is 6.61 Å². The third-order valence-corrected chi connectivity index (χ3v) is 3.78. The number of carbonyl (C=O) groups is 1. The molecular weight excluding hydrogens is 254 g/mol. The number of carboxylic acid groups (broad SMARTS) is 1. The standard InChI is InChI=1S/C16H23NO3/c1-3-6-11(2)10-20-15-13(16(18)19)9-12-7-4-5-8-14(12)17-15/h9,11H,3-8,10H2,1-2H3,(H,18,19). The zero-order valence-electron chi connectivity index (χ0n) is 12.3. The average molecular weight is 277 g/mol. The molecule has 4 heteroatoms. The molecule has 1 atom stereocenters. The molecule has 1 heterocycles.